The summed E-state index contributed by atoms with van der Waals surface area (Å²) >= 11 is 0. The molecule has 0 amide bonds. The highest BCUT2D eigenvalue weighted by Gasteiger charge is 2.64. The minimum Gasteiger partial charge on any atom is -0.458 e. The number of terminal acetylenes is 1. The first-order chi connectivity index (χ1) is 12.3. The Morgan fingerprint density at radius 3 is 2.50 bits per heavy atom. The van der Waals surface area contributed by atoms with Gasteiger partial charge in [0, 0.05) is 6.92 Å². The molecule has 7 heteroatoms. The maximum Gasteiger partial charge on any atom is 0.338 e. The fraction of sp³-hybridized carbons (Fsp3) is 0.474. The summed E-state index contributed by atoms with van der Waals surface area (Å²) in [5.41, 5.74) is -1.04. The van der Waals surface area contributed by atoms with E-state index in [4.69, 9.17) is 30.1 Å². The second-order valence-corrected chi connectivity index (χ2v) is 6.59. The fourth-order valence-electron chi connectivity index (χ4n) is 3.05. The Hall–Kier alpha value is -2.40. The third-order valence-electron chi connectivity index (χ3n) is 4.14. The average Bonchev–Trinajstić information content (AvgIpc) is 3.06. The molecule has 1 unspecified atom stereocenters. The van der Waals surface area contributed by atoms with Crippen LogP contribution in [-0.4, -0.2) is 48.4 Å². The monoisotopic (exact) mass is 360 g/mol. The lowest BCUT2D eigenvalue weighted by molar-refractivity contribution is -0.245. The first-order valence-electron chi connectivity index (χ1n) is 8.17. The molecule has 0 radical (unpaired) electrons. The molecule has 0 saturated carbocycles. The maximum atomic E-state index is 12.2. The van der Waals surface area contributed by atoms with Gasteiger partial charge in [-0.25, -0.2) is 4.79 Å². The van der Waals surface area contributed by atoms with Crippen LogP contribution in [0.5, 0.6) is 0 Å². The summed E-state index contributed by atoms with van der Waals surface area (Å²) in [4.78, 5) is 23.6. The highest BCUT2D eigenvalue weighted by atomic mass is 16.8. The van der Waals surface area contributed by atoms with Crippen LogP contribution in [0.2, 0.25) is 0 Å². The first kappa shape index (κ1) is 18.4. The van der Waals surface area contributed by atoms with Gasteiger partial charge in [-0.15, -0.1) is 6.42 Å². The molecule has 1 aromatic rings. The molecule has 2 aliphatic rings. The van der Waals surface area contributed by atoms with Gasteiger partial charge in [0.25, 0.3) is 0 Å². The van der Waals surface area contributed by atoms with Crippen molar-refractivity contribution in [2.24, 2.45) is 0 Å². The van der Waals surface area contributed by atoms with Crippen LogP contribution < -0.4 is 0 Å². The molecule has 4 atom stereocenters. The topological polar surface area (TPSA) is 80.3 Å². The smallest absolute Gasteiger partial charge is 0.338 e. The standard InChI is InChI=1S/C19H20O7/c1-5-19(11-22-16(21)13-9-7-6-8-10-13)15-14(24-18(3,4)25-15)17(26-19)23-12(2)20/h1,6-10,14-15,17H,11H2,2-4H3/t14-,15+,17?,19-/m1/s1. The van der Waals surface area contributed by atoms with Gasteiger partial charge in [-0.3, -0.25) is 4.79 Å². The SMILES string of the molecule is C#C[C@]1(COC(=O)c2ccccc2)OC(OC(C)=O)[C@@H]2OC(C)(C)O[C@@H]21. The molecular formula is C19H20O7. The predicted molar refractivity (Wildman–Crippen MR) is 88.8 cm³/mol. The number of hydrogen-bond donors (Lipinski definition) is 0. The van der Waals surface area contributed by atoms with Crippen molar-refractivity contribution in [3.05, 3.63) is 35.9 Å². The number of esters is 2. The average molecular weight is 360 g/mol. The van der Waals surface area contributed by atoms with Gasteiger partial charge in [-0.2, -0.15) is 0 Å². The van der Waals surface area contributed by atoms with E-state index < -0.39 is 41.8 Å². The number of carbonyl (C=O) groups excluding carboxylic acids is 2. The van der Waals surface area contributed by atoms with Gasteiger partial charge in [0.1, 0.15) is 12.7 Å². The van der Waals surface area contributed by atoms with E-state index in [0.717, 1.165) is 0 Å². The second-order valence-electron chi connectivity index (χ2n) is 6.59. The van der Waals surface area contributed by atoms with Crippen molar-refractivity contribution in [3.63, 3.8) is 0 Å². The van der Waals surface area contributed by atoms with E-state index >= 15 is 0 Å². The lowest BCUT2D eigenvalue weighted by Gasteiger charge is -2.29. The highest BCUT2D eigenvalue weighted by molar-refractivity contribution is 5.89. The summed E-state index contributed by atoms with van der Waals surface area (Å²) in [5.74, 6) is 0.468. The largest absolute Gasteiger partial charge is 0.458 e. The molecule has 0 aliphatic carbocycles. The number of rotatable bonds is 4. The third kappa shape index (κ3) is 3.44. The first-order valence-corrected chi connectivity index (χ1v) is 8.17. The van der Waals surface area contributed by atoms with Crippen molar-refractivity contribution in [2.75, 3.05) is 6.61 Å². The summed E-state index contributed by atoms with van der Waals surface area (Å²) in [6.45, 7) is 4.42. The van der Waals surface area contributed by atoms with E-state index in [2.05, 4.69) is 5.92 Å². The molecule has 7 nitrogen and oxygen atoms in total. The van der Waals surface area contributed by atoms with Crippen molar-refractivity contribution in [1.29, 1.82) is 0 Å². The van der Waals surface area contributed by atoms with Crippen LogP contribution >= 0.6 is 0 Å². The van der Waals surface area contributed by atoms with E-state index in [1.165, 1.54) is 6.92 Å². The zero-order chi connectivity index (χ0) is 18.9. The Labute approximate surface area is 151 Å². The molecule has 1 aromatic carbocycles. The molecule has 0 N–H and O–H groups in total. The third-order valence-corrected chi connectivity index (χ3v) is 4.14. The molecule has 2 saturated heterocycles. The van der Waals surface area contributed by atoms with Gasteiger partial charge in [-0.05, 0) is 26.0 Å². The van der Waals surface area contributed by atoms with Gasteiger partial charge >= 0.3 is 11.9 Å². The molecule has 0 bridgehead atoms. The molecule has 26 heavy (non-hydrogen) atoms. The van der Waals surface area contributed by atoms with Gasteiger partial charge in [0.2, 0.25) is 6.29 Å². The van der Waals surface area contributed by atoms with Gasteiger partial charge in [0.15, 0.2) is 17.5 Å². The zero-order valence-electron chi connectivity index (χ0n) is 14.8. The van der Waals surface area contributed by atoms with Crippen molar-refractivity contribution in [1.82, 2.24) is 0 Å². The van der Waals surface area contributed by atoms with Crippen LogP contribution in [-0.2, 0) is 28.5 Å². The Bertz CT molecular complexity index is 736. The molecule has 3 rings (SSSR count). The van der Waals surface area contributed by atoms with E-state index in [1.807, 2.05) is 0 Å². The number of carbonyl (C=O) groups is 2. The van der Waals surface area contributed by atoms with Crippen LogP contribution in [0.25, 0.3) is 0 Å². The zero-order valence-corrected chi connectivity index (χ0v) is 14.8. The number of fused-ring (bicyclic) bond motifs is 1. The molecular weight excluding hydrogens is 340 g/mol. The molecule has 138 valence electrons. The Balaban J connectivity index is 1.79. The van der Waals surface area contributed by atoms with Crippen LogP contribution in [0.3, 0.4) is 0 Å². The molecule has 2 heterocycles. The van der Waals surface area contributed by atoms with E-state index in [9.17, 15) is 9.59 Å². The van der Waals surface area contributed by atoms with Gasteiger partial charge in [0.05, 0.1) is 5.56 Å². The normalized spacial score (nSPS) is 31.7. The van der Waals surface area contributed by atoms with Crippen LogP contribution in [0.4, 0.5) is 0 Å². The minimum absolute atomic E-state index is 0.268. The van der Waals surface area contributed by atoms with Crippen molar-refractivity contribution >= 4 is 11.9 Å². The second kappa shape index (κ2) is 6.72. The summed E-state index contributed by atoms with van der Waals surface area (Å²) < 4.78 is 27.9. The van der Waals surface area contributed by atoms with E-state index in [-0.39, 0.29) is 6.61 Å². The number of ether oxygens (including phenoxy) is 5. The lowest BCUT2D eigenvalue weighted by Crippen LogP contribution is -2.46. The van der Waals surface area contributed by atoms with Crippen LogP contribution in [0, 0.1) is 12.3 Å². The number of hydrogen-bond acceptors (Lipinski definition) is 7. The summed E-state index contributed by atoms with van der Waals surface area (Å²) in [7, 11) is 0. The maximum absolute atomic E-state index is 12.2. The van der Waals surface area contributed by atoms with E-state index in [0.29, 0.717) is 5.56 Å². The molecule has 0 aromatic heterocycles. The van der Waals surface area contributed by atoms with Crippen molar-refractivity contribution in [3.8, 4) is 12.3 Å². The summed E-state index contributed by atoms with van der Waals surface area (Å²) in [6, 6.07) is 8.50. The van der Waals surface area contributed by atoms with Crippen molar-refractivity contribution in [2.45, 2.75) is 50.7 Å². The molecule has 0 spiro atoms. The Kier molecular flexibility index (Phi) is 4.76. The van der Waals surface area contributed by atoms with Crippen molar-refractivity contribution < 1.29 is 33.3 Å². The van der Waals surface area contributed by atoms with Crippen LogP contribution in [0.15, 0.2) is 30.3 Å². The molecule has 2 aliphatic heterocycles. The predicted octanol–water partition coefficient (Wildman–Crippen LogP) is 1.65. The Morgan fingerprint density at radius 2 is 1.88 bits per heavy atom. The van der Waals surface area contributed by atoms with Crippen LogP contribution in [0.1, 0.15) is 31.1 Å². The van der Waals surface area contributed by atoms with Gasteiger partial charge in [-0.1, -0.05) is 24.1 Å². The highest BCUT2D eigenvalue weighted by Crippen LogP contribution is 2.44. The minimum atomic E-state index is -1.43. The molecule has 2 fully saturated rings. The van der Waals surface area contributed by atoms with Gasteiger partial charge < -0.3 is 23.7 Å². The Morgan fingerprint density at radius 1 is 1.19 bits per heavy atom. The fourth-order valence-corrected chi connectivity index (χ4v) is 3.05. The van der Waals surface area contributed by atoms with E-state index in [1.54, 1.807) is 44.2 Å². The number of benzene rings is 1. The quantitative estimate of drug-likeness (QED) is 0.597. The lowest BCUT2D eigenvalue weighted by atomic mass is 9.97. The summed E-state index contributed by atoms with van der Waals surface area (Å²) in [5, 5.41) is 0. The summed E-state index contributed by atoms with van der Waals surface area (Å²) in [6.07, 6.45) is 3.16.